The molecule has 0 aliphatic heterocycles. The highest BCUT2D eigenvalue weighted by Gasteiger charge is 2.21. The zero-order valence-electron chi connectivity index (χ0n) is 8.76. The summed E-state index contributed by atoms with van der Waals surface area (Å²) in [5.74, 6) is -0.722. The molecule has 0 atom stereocenters. The van der Waals surface area contributed by atoms with Crippen LogP contribution < -0.4 is 0 Å². The number of esters is 1. The molecule has 1 aromatic heterocycles. The van der Waals surface area contributed by atoms with E-state index >= 15 is 0 Å². The van der Waals surface area contributed by atoms with Gasteiger partial charge in [0.2, 0.25) is 0 Å². The summed E-state index contributed by atoms with van der Waals surface area (Å²) in [6.45, 7) is 3.28. The second kappa shape index (κ2) is 5.21. The highest BCUT2D eigenvalue weighted by molar-refractivity contribution is 6.34. The van der Waals surface area contributed by atoms with Gasteiger partial charge in [-0.1, -0.05) is 11.6 Å². The van der Waals surface area contributed by atoms with E-state index in [1.165, 1.54) is 13.0 Å². The number of aryl methyl sites for hydroxylation is 1. The molecule has 0 bridgehead atoms. The van der Waals surface area contributed by atoms with Gasteiger partial charge in [-0.3, -0.25) is 4.98 Å². The predicted octanol–water partition coefficient (Wildman–Crippen LogP) is 3.16. The van der Waals surface area contributed by atoms with Gasteiger partial charge < -0.3 is 4.74 Å². The number of hydrogen-bond donors (Lipinski definition) is 0. The molecule has 0 spiro atoms. The lowest BCUT2D eigenvalue weighted by Gasteiger charge is -2.09. The Balaban J connectivity index is 3.24. The topological polar surface area (TPSA) is 39.2 Å². The van der Waals surface area contributed by atoms with Crippen LogP contribution in [0.2, 0.25) is 5.02 Å². The minimum absolute atomic E-state index is 0.0775. The van der Waals surface area contributed by atoms with Crippen LogP contribution in [0.3, 0.4) is 0 Å². The summed E-state index contributed by atoms with van der Waals surface area (Å²) in [7, 11) is 0. The molecule has 6 heteroatoms. The first-order chi connectivity index (χ1) is 7.47. The summed E-state index contributed by atoms with van der Waals surface area (Å²) in [6.07, 6.45) is -2.82. The Hall–Kier alpha value is -1.23. The van der Waals surface area contributed by atoms with Gasteiger partial charge >= 0.3 is 5.97 Å². The van der Waals surface area contributed by atoms with Gasteiger partial charge in [0, 0.05) is 5.69 Å². The molecular formula is C10H10ClF2NO2. The van der Waals surface area contributed by atoms with Gasteiger partial charge in [-0.15, -0.1) is 0 Å². The molecule has 88 valence electrons. The van der Waals surface area contributed by atoms with Crippen molar-refractivity contribution < 1.29 is 18.3 Å². The quantitative estimate of drug-likeness (QED) is 0.773. The molecule has 1 heterocycles. The third-order valence-electron chi connectivity index (χ3n) is 1.81. The number of hydrogen-bond acceptors (Lipinski definition) is 3. The van der Waals surface area contributed by atoms with E-state index in [9.17, 15) is 13.6 Å². The second-order valence-electron chi connectivity index (χ2n) is 3.03. The van der Waals surface area contributed by atoms with Crippen molar-refractivity contribution in [3.63, 3.8) is 0 Å². The first kappa shape index (κ1) is 12.8. The Morgan fingerprint density at radius 1 is 1.62 bits per heavy atom. The van der Waals surface area contributed by atoms with Crippen molar-refractivity contribution in [2.45, 2.75) is 20.3 Å². The Morgan fingerprint density at radius 3 is 2.75 bits per heavy atom. The molecule has 1 aromatic rings. The van der Waals surface area contributed by atoms with Crippen molar-refractivity contribution in [1.82, 2.24) is 4.98 Å². The van der Waals surface area contributed by atoms with Crippen LogP contribution >= 0.6 is 11.6 Å². The summed E-state index contributed by atoms with van der Waals surface area (Å²) in [5.41, 5.74) is -0.376. The largest absolute Gasteiger partial charge is 0.462 e. The Morgan fingerprint density at radius 2 is 2.25 bits per heavy atom. The molecule has 0 saturated carbocycles. The van der Waals surface area contributed by atoms with Gasteiger partial charge in [-0.2, -0.15) is 0 Å². The number of ether oxygens (including phenoxy) is 1. The van der Waals surface area contributed by atoms with Gasteiger partial charge in [-0.25, -0.2) is 13.6 Å². The van der Waals surface area contributed by atoms with Crippen molar-refractivity contribution in [2.75, 3.05) is 6.61 Å². The Kier molecular flexibility index (Phi) is 4.18. The van der Waals surface area contributed by atoms with Crippen molar-refractivity contribution >= 4 is 17.6 Å². The van der Waals surface area contributed by atoms with Crippen LogP contribution in [0, 0.1) is 6.92 Å². The molecule has 0 radical (unpaired) electrons. The fraction of sp³-hybridized carbons (Fsp3) is 0.400. The van der Waals surface area contributed by atoms with E-state index in [1.54, 1.807) is 6.92 Å². The Labute approximate surface area is 96.4 Å². The van der Waals surface area contributed by atoms with Gasteiger partial charge in [0.25, 0.3) is 6.43 Å². The first-order valence-electron chi connectivity index (χ1n) is 4.59. The molecule has 0 amide bonds. The van der Waals surface area contributed by atoms with Crippen LogP contribution in [0.1, 0.15) is 35.1 Å². The third kappa shape index (κ3) is 2.66. The van der Waals surface area contributed by atoms with Crippen molar-refractivity contribution in [3.05, 3.63) is 28.0 Å². The number of aromatic nitrogens is 1. The minimum Gasteiger partial charge on any atom is -0.462 e. The fourth-order valence-corrected chi connectivity index (χ4v) is 1.44. The van der Waals surface area contributed by atoms with Gasteiger partial charge in [0.15, 0.2) is 0 Å². The van der Waals surface area contributed by atoms with Crippen LogP contribution in [0.4, 0.5) is 8.78 Å². The maximum absolute atomic E-state index is 12.5. The zero-order chi connectivity index (χ0) is 12.3. The second-order valence-corrected chi connectivity index (χ2v) is 3.41. The maximum Gasteiger partial charge on any atom is 0.339 e. The summed E-state index contributed by atoms with van der Waals surface area (Å²) in [5, 5.41) is -0.348. The number of nitrogens with zero attached hydrogens (tertiary/aromatic N) is 1. The van der Waals surface area contributed by atoms with Crippen LogP contribution in [0.15, 0.2) is 6.07 Å². The van der Waals surface area contributed by atoms with Crippen molar-refractivity contribution in [1.29, 1.82) is 0 Å². The normalized spacial score (nSPS) is 10.6. The van der Waals surface area contributed by atoms with Gasteiger partial charge in [-0.05, 0) is 19.9 Å². The molecule has 0 unspecified atom stereocenters. The molecule has 0 aromatic carbocycles. The van der Waals surface area contributed by atoms with E-state index in [4.69, 9.17) is 16.3 Å². The number of halogens is 3. The zero-order valence-corrected chi connectivity index (χ0v) is 9.52. The maximum atomic E-state index is 12.5. The van der Waals surface area contributed by atoms with Crippen molar-refractivity contribution in [3.8, 4) is 0 Å². The lowest BCUT2D eigenvalue weighted by atomic mass is 10.2. The molecule has 0 fully saturated rings. The molecule has 0 saturated heterocycles. The molecule has 16 heavy (non-hydrogen) atoms. The first-order valence-corrected chi connectivity index (χ1v) is 4.97. The lowest BCUT2D eigenvalue weighted by Crippen LogP contribution is -2.09. The highest BCUT2D eigenvalue weighted by Crippen LogP contribution is 2.29. The predicted molar refractivity (Wildman–Crippen MR) is 54.9 cm³/mol. The van der Waals surface area contributed by atoms with Crippen LogP contribution in [0.5, 0.6) is 0 Å². The van der Waals surface area contributed by atoms with E-state index in [2.05, 4.69) is 4.98 Å². The molecule has 0 aliphatic rings. The lowest BCUT2D eigenvalue weighted by molar-refractivity contribution is 0.0525. The van der Waals surface area contributed by atoms with Gasteiger partial charge in [0.1, 0.15) is 5.69 Å². The molecule has 0 N–H and O–H groups in total. The number of pyridine rings is 1. The van der Waals surface area contributed by atoms with E-state index in [0.717, 1.165) is 0 Å². The fourth-order valence-electron chi connectivity index (χ4n) is 1.18. The SMILES string of the molecule is CCOC(=O)c1cc(C)nc(C(F)F)c1Cl. The smallest absolute Gasteiger partial charge is 0.339 e. The van der Waals surface area contributed by atoms with Crippen LogP contribution in [-0.2, 0) is 4.74 Å². The van der Waals surface area contributed by atoms with E-state index in [0.29, 0.717) is 5.69 Å². The van der Waals surface area contributed by atoms with Crippen LogP contribution in [-0.4, -0.2) is 17.6 Å². The summed E-state index contributed by atoms with van der Waals surface area (Å²) >= 11 is 5.66. The summed E-state index contributed by atoms with van der Waals surface area (Å²) in [6, 6.07) is 1.33. The van der Waals surface area contributed by atoms with E-state index in [1.807, 2.05) is 0 Å². The number of rotatable bonds is 3. The van der Waals surface area contributed by atoms with Crippen LogP contribution in [0.25, 0.3) is 0 Å². The molecule has 3 nitrogen and oxygen atoms in total. The highest BCUT2D eigenvalue weighted by atomic mass is 35.5. The Bertz CT molecular complexity index is 410. The average Bonchev–Trinajstić information content (AvgIpc) is 2.20. The molecule has 0 aliphatic carbocycles. The number of alkyl halides is 2. The van der Waals surface area contributed by atoms with E-state index in [-0.39, 0.29) is 17.2 Å². The standard InChI is InChI=1S/C10H10ClF2NO2/c1-3-16-10(15)6-4-5(2)14-8(7(6)11)9(12)13/h4,9H,3H2,1-2H3. The van der Waals surface area contributed by atoms with Crippen molar-refractivity contribution in [2.24, 2.45) is 0 Å². The number of carbonyl (C=O) groups excluding carboxylic acids is 1. The van der Waals surface area contributed by atoms with Gasteiger partial charge in [0.05, 0.1) is 17.2 Å². The monoisotopic (exact) mass is 249 g/mol. The third-order valence-corrected chi connectivity index (χ3v) is 2.21. The number of carbonyl (C=O) groups is 1. The summed E-state index contributed by atoms with van der Waals surface area (Å²) in [4.78, 5) is 15.0. The van der Waals surface area contributed by atoms with E-state index < -0.39 is 18.1 Å². The molecule has 1 rings (SSSR count). The molecular weight excluding hydrogens is 240 g/mol. The average molecular weight is 250 g/mol. The minimum atomic E-state index is -2.82. The summed E-state index contributed by atoms with van der Waals surface area (Å²) < 4.78 is 29.8.